The number of hydrogen-bond acceptors (Lipinski definition) is 7. The highest BCUT2D eigenvalue weighted by Crippen LogP contribution is 2.40. The van der Waals surface area contributed by atoms with E-state index in [1.165, 1.54) is 24.6 Å². The molecule has 0 spiro atoms. The first-order valence-electron chi connectivity index (χ1n) is 9.39. The summed E-state index contributed by atoms with van der Waals surface area (Å²) in [5.41, 5.74) is 2.10. The monoisotopic (exact) mass is 394 g/mol. The summed E-state index contributed by atoms with van der Waals surface area (Å²) in [6.45, 7) is 0. The number of anilines is 2. The quantitative estimate of drug-likeness (QED) is 0.472. The van der Waals surface area contributed by atoms with E-state index in [9.17, 15) is 10.1 Å². The minimum absolute atomic E-state index is 0.131. The van der Waals surface area contributed by atoms with Gasteiger partial charge in [0.2, 0.25) is 5.16 Å². The molecule has 2 heterocycles. The summed E-state index contributed by atoms with van der Waals surface area (Å²) in [7, 11) is 3.75. The lowest BCUT2D eigenvalue weighted by Crippen LogP contribution is -2.26. The summed E-state index contributed by atoms with van der Waals surface area (Å²) in [5.74, 6) is 1.88. The molecular weight excluding hydrogens is 372 g/mol. The number of H-pyrrole nitrogens is 1. The lowest BCUT2D eigenvalue weighted by atomic mass is 10.1. The Hall–Kier alpha value is -2.79. The van der Waals surface area contributed by atoms with Crippen molar-refractivity contribution in [2.45, 2.75) is 36.8 Å². The van der Waals surface area contributed by atoms with Crippen molar-refractivity contribution in [3.05, 3.63) is 41.5 Å². The summed E-state index contributed by atoms with van der Waals surface area (Å²) in [4.78, 5) is 21.1. The van der Waals surface area contributed by atoms with E-state index in [0.717, 1.165) is 30.0 Å². The number of aromatic amines is 1. The predicted octanol–water partition coefficient (Wildman–Crippen LogP) is 3.44. The van der Waals surface area contributed by atoms with Crippen LogP contribution in [-0.4, -0.2) is 40.8 Å². The zero-order valence-electron chi connectivity index (χ0n) is 16.0. The van der Waals surface area contributed by atoms with Crippen molar-refractivity contribution in [3.63, 3.8) is 0 Å². The van der Waals surface area contributed by atoms with Gasteiger partial charge in [-0.1, -0.05) is 36.7 Å². The van der Waals surface area contributed by atoms with Crippen LogP contribution in [0.2, 0.25) is 0 Å². The lowest BCUT2D eigenvalue weighted by Gasteiger charge is -2.19. The van der Waals surface area contributed by atoms with Crippen LogP contribution < -0.4 is 9.80 Å². The van der Waals surface area contributed by atoms with Crippen molar-refractivity contribution in [1.82, 2.24) is 15.2 Å². The molecule has 4 rings (SSSR count). The average molecular weight is 395 g/mol. The fourth-order valence-corrected chi connectivity index (χ4v) is 4.64. The summed E-state index contributed by atoms with van der Waals surface area (Å²) >= 11 is 1.27. The maximum absolute atomic E-state index is 12.8. The zero-order valence-corrected chi connectivity index (χ0v) is 16.8. The van der Waals surface area contributed by atoms with Crippen molar-refractivity contribution in [3.8, 4) is 6.07 Å². The van der Waals surface area contributed by atoms with E-state index in [2.05, 4.69) is 21.3 Å². The molecule has 8 heteroatoms. The average Bonchev–Trinajstić information content (AvgIpc) is 3.44. The molecule has 1 N–H and O–H groups in total. The van der Waals surface area contributed by atoms with Crippen LogP contribution in [0, 0.1) is 11.3 Å². The van der Waals surface area contributed by atoms with E-state index in [0.29, 0.717) is 16.9 Å². The van der Waals surface area contributed by atoms with Crippen molar-refractivity contribution in [2.75, 3.05) is 29.6 Å². The Morgan fingerprint density at radius 2 is 1.89 bits per heavy atom. The molecule has 0 radical (unpaired) electrons. The van der Waals surface area contributed by atoms with Crippen LogP contribution in [0.5, 0.6) is 0 Å². The number of carbonyl (C=O) groups is 1. The first-order chi connectivity index (χ1) is 13.6. The van der Waals surface area contributed by atoms with Crippen LogP contribution in [-0.2, 0) is 4.79 Å². The summed E-state index contributed by atoms with van der Waals surface area (Å²) in [6.07, 6.45) is 4.74. The highest BCUT2D eigenvalue weighted by molar-refractivity contribution is 7.99. The third-order valence-electron chi connectivity index (χ3n) is 5.41. The molecular formula is C20H22N6OS. The number of nitriles is 1. The number of Topliss-reactive ketones (excluding diaryl/α,β-unsaturated/α-hetero) is 1. The predicted molar refractivity (Wildman–Crippen MR) is 109 cm³/mol. The SMILES string of the molecule is CN1C(=C(C#N)C(=O)CSc2n[nH]c(C3CCCC3)n2)N(C)c2ccccc21. The Morgan fingerprint density at radius 3 is 2.50 bits per heavy atom. The topological polar surface area (TPSA) is 88.9 Å². The number of fused-ring (bicyclic) bond motifs is 1. The first-order valence-corrected chi connectivity index (χ1v) is 10.4. The smallest absolute Gasteiger partial charge is 0.208 e. The number of hydrogen-bond donors (Lipinski definition) is 1. The van der Waals surface area contributed by atoms with Gasteiger partial charge in [0.1, 0.15) is 23.3 Å². The molecule has 1 aliphatic carbocycles. The highest BCUT2D eigenvalue weighted by atomic mass is 32.2. The molecule has 28 heavy (non-hydrogen) atoms. The largest absolute Gasteiger partial charge is 0.328 e. The van der Waals surface area contributed by atoms with E-state index < -0.39 is 0 Å². The van der Waals surface area contributed by atoms with Gasteiger partial charge in [-0.25, -0.2) is 4.98 Å². The van der Waals surface area contributed by atoms with Crippen LogP contribution in [0.4, 0.5) is 11.4 Å². The van der Waals surface area contributed by atoms with Gasteiger partial charge in [-0.3, -0.25) is 9.89 Å². The molecule has 0 unspecified atom stereocenters. The molecule has 0 atom stereocenters. The van der Waals surface area contributed by atoms with Crippen LogP contribution in [0.1, 0.15) is 37.4 Å². The number of thioether (sulfide) groups is 1. The van der Waals surface area contributed by atoms with Crippen LogP contribution in [0.3, 0.4) is 0 Å². The third kappa shape index (κ3) is 3.27. The summed E-state index contributed by atoms with van der Waals surface area (Å²) in [5, 5.41) is 17.5. The third-order valence-corrected chi connectivity index (χ3v) is 6.26. The summed E-state index contributed by atoms with van der Waals surface area (Å²) in [6, 6.07) is 9.96. The van der Waals surface area contributed by atoms with Crippen molar-refractivity contribution >= 4 is 28.9 Å². The first kappa shape index (κ1) is 18.6. The number of allylic oxidation sites excluding steroid dienone is 1. The Labute approximate surface area is 168 Å². The van der Waals surface area contributed by atoms with Crippen LogP contribution >= 0.6 is 11.8 Å². The standard InChI is InChI=1S/C20H22N6OS/c1-25-15-9-5-6-10-16(15)26(2)19(25)14(11-21)17(27)12-28-20-22-18(23-24-20)13-7-3-4-8-13/h5-6,9-10,13H,3-4,7-8,12H2,1-2H3,(H,22,23,24). The molecule has 1 aromatic carbocycles. The minimum atomic E-state index is -0.221. The van der Waals surface area contributed by atoms with E-state index in [-0.39, 0.29) is 17.1 Å². The highest BCUT2D eigenvalue weighted by Gasteiger charge is 2.31. The van der Waals surface area contributed by atoms with Gasteiger partial charge in [-0.15, -0.1) is 5.10 Å². The van der Waals surface area contributed by atoms with Crippen LogP contribution in [0.25, 0.3) is 0 Å². The fraction of sp³-hybridized carbons (Fsp3) is 0.400. The molecule has 7 nitrogen and oxygen atoms in total. The fourth-order valence-electron chi connectivity index (χ4n) is 3.96. The number of benzene rings is 1. The van der Waals surface area contributed by atoms with Crippen molar-refractivity contribution in [1.29, 1.82) is 5.26 Å². The number of para-hydroxylation sites is 2. The number of nitrogens with one attached hydrogen (secondary N) is 1. The second kappa shape index (κ2) is 7.68. The normalized spacial score (nSPS) is 16.4. The maximum Gasteiger partial charge on any atom is 0.208 e. The molecule has 0 bridgehead atoms. The van der Waals surface area contributed by atoms with Gasteiger partial charge < -0.3 is 9.80 Å². The summed E-state index contributed by atoms with van der Waals surface area (Å²) < 4.78 is 0. The molecule has 1 saturated carbocycles. The van der Waals surface area contributed by atoms with E-state index in [1.54, 1.807) is 0 Å². The minimum Gasteiger partial charge on any atom is -0.328 e. The number of carbonyl (C=O) groups excluding carboxylic acids is 1. The maximum atomic E-state index is 12.8. The zero-order chi connectivity index (χ0) is 19.7. The molecule has 2 aromatic rings. The van der Waals surface area contributed by atoms with Gasteiger partial charge in [0.05, 0.1) is 17.1 Å². The van der Waals surface area contributed by atoms with Crippen LogP contribution in [0.15, 0.2) is 40.8 Å². The lowest BCUT2D eigenvalue weighted by molar-refractivity contribution is -0.112. The molecule has 0 amide bonds. The second-order valence-corrected chi connectivity index (χ2v) is 8.06. The van der Waals surface area contributed by atoms with Crippen molar-refractivity contribution in [2.24, 2.45) is 0 Å². The van der Waals surface area contributed by atoms with Gasteiger partial charge in [-0.05, 0) is 25.0 Å². The number of aromatic nitrogens is 3. The van der Waals surface area contributed by atoms with Gasteiger partial charge in [-0.2, -0.15) is 5.26 Å². The molecule has 1 aromatic heterocycles. The van der Waals surface area contributed by atoms with Crippen molar-refractivity contribution < 1.29 is 4.79 Å². The Kier molecular flexibility index (Phi) is 5.09. The van der Waals surface area contributed by atoms with Gasteiger partial charge in [0.15, 0.2) is 5.78 Å². The molecule has 1 aliphatic heterocycles. The second-order valence-electron chi connectivity index (χ2n) is 7.11. The Morgan fingerprint density at radius 1 is 1.25 bits per heavy atom. The van der Waals surface area contributed by atoms with E-state index >= 15 is 0 Å². The van der Waals surface area contributed by atoms with Gasteiger partial charge in [0, 0.05) is 20.0 Å². The molecule has 0 saturated heterocycles. The number of nitrogens with zero attached hydrogens (tertiary/aromatic N) is 5. The molecule has 2 aliphatic rings. The van der Waals surface area contributed by atoms with E-state index in [4.69, 9.17) is 0 Å². The Bertz CT molecular complexity index is 938. The Balaban J connectivity index is 1.49. The number of rotatable bonds is 5. The molecule has 144 valence electrons. The van der Waals surface area contributed by atoms with Gasteiger partial charge in [0.25, 0.3) is 0 Å². The van der Waals surface area contributed by atoms with Gasteiger partial charge >= 0.3 is 0 Å². The molecule has 1 fully saturated rings. The van der Waals surface area contributed by atoms with E-state index in [1.807, 2.05) is 48.2 Å². The number of ketones is 1.